The van der Waals surface area contributed by atoms with Crippen LogP contribution in [-0.2, 0) is 6.42 Å². The van der Waals surface area contributed by atoms with Gasteiger partial charge in [-0.3, -0.25) is 4.79 Å². The number of fused-ring (bicyclic) bond motifs is 1. The Labute approximate surface area is 142 Å². The molecule has 0 saturated carbocycles. The van der Waals surface area contributed by atoms with Gasteiger partial charge in [0.2, 0.25) is 0 Å². The highest BCUT2D eigenvalue weighted by molar-refractivity contribution is 5.97. The van der Waals surface area contributed by atoms with Crippen LogP contribution in [0.5, 0.6) is 0 Å². The molecule has 1 aromatic heterocycles. The quantitative estimate of drug-likeness (QED) is 0.642. The summed E-state index contributed by atoms with van der Waals surface area (Å²) in [6.07, 6.45) is 1.67. The number of aromatic nitrogens is 2. The third-order valence-corrected chi connectivity index (χ3v) is 4.01. The smallest absolute Gasteiger partial charge is 0.251 e. The first kappa shape index (κ1) is 17.0. The van der Waals surface area contributed by atoms with Crippen LogP contribution in [0.3, 0.4) is 0 Å². The molecule has 1 atom stereocenters. The van der Waals surface area contributed by atoms with Gasteiger partial charge in [-0.05, 0) is 48.4 Å². The molecule has 0 aliphatic rings. The number of aliphatic hydroxyl groups excluding tert-OH is 1. The van der Waals surface area contributed by atoms with E-state index in [0.29, 0.717) is 5.56 Å². The molecule has 3 aromatic rings. The van der Waals surface area contributed by atoms with Gasteiger partial charge in [-0.2, -0.15) is 0 Å². The maximum Gasteiger partial charge on any atom is 0.251 e. The predicted molar refractivity (Wildman–Crippen MR) is 89.1 cm³/mol. The summed E-state index contributed by atoms with van der Waals surface area (Å²) in [6.45, 7) is -0.109. The Balaban J connectivity index is 1.63. The van der Waals surface area contributed by atoms with Crippen LogP contribution < -0.4 is 5.32 Å². The van der Waals surface area contributed by atoms with Gasteiger partial charge in [0.25, 0.3) is 5.91 Å². The van der Waals surface area contributed by atoms with Crippen molar-refractivity contribution in [2.75, 3.05) is 13.2 Å². The number of nitrogens with zero attached hydrogens (tertiary/aromatic N) is 1. The van der Waals surface area contributed by atoms with Crippen LogP contribution >= 0.6 is 0 Å². The Hall–Kier alpha value is -2.80. The molecule has 0 fully saturated rings. The van der Waals surface area contributed by atoms with Crippen molar-refractivity contribution in [1.29, 1.82) is 0 Å². The topological polar surface area (TPSA) is 78.0 Å². The standard InChI is InChI=1S/C18H17F2N3O2/c19-14-2-3-15(20)13(6-14)5-11(9-24)8-21-18(25)12-1-4-16-17(7-12)23-10-22-16/h1-4,6-7,10-11,24H,5,8-9H2,(H,21,25)(H,22,23)/t11-/m0/s1. The number of amides is 1. The van der Waals surface area contributed by atoms with E-state index < -0.39 is 17.6 Å². The fourth-order valence-corrected chi connectivity index (χ4v) is 2.63. The summed E-state index contributed by atoms with van der Waals surface area (Å²) in [4.78, 5) is 19.3. The molecular formula is C18H17F2N3O2. The van der Waals surface area contributed by atoms with Crippen LogP contribution in [0.15, 0.2) is 42.7 Å². The van der Waals surface area contributed by atoms with Gasteiger partial charge in [-0.25, -0.2) is 13.8 Å². The van der Waals surface area contributed by atoms with Crippen LogP contribution in [-0.4, -0.2) is 34.1 Å². The Morgan fingerprint density at radius 2 is 2.08 bits per heavy atom. The van der Waals surface area contributed by atoms with E-state index >= 15 is 0 Å². The number of hydrogen-bond donors (Lipinski definition) is 3. The van der Waals surface area contributed by atoms with Gasteiger partial charge >= 0.3 is 0 Å². The summed E-state index contributed by atoms with van der Waals surface area (Å²) in [5.74, 6) is -1.80. The fourth-order valence-electron chi connectivity index (χ4n) is 2.63. The summed E-state index contributed by atoms with van der Waals surface area (Å²) in [7, 11) is 0. The lowest BCUT2D eigenvalue weighted by molar-refractivity contribution is 0.0940. The first-order valence-corrected chi connectivity index (χ1v) is 7.83. The molecule has 0 spiro atoms. The van der Waals surface area contributed by atoms with Crippen LogP contribution in [0.25, 0.3) is 11.0 Å². The highest BCUT2D eigenvalue weighted by Gasteiger charge is 2.15. The molecule has 7 heteroatoms. The van der Waals surface area contributed by atoms with E-state index in [2.05, 4.69) is 15.3 Å². The lowest BCUT2D eigenvalue weighted by Gasteiger charge is -2.16. The zero-order valence-electron chi connectivity index (χ0n) is 13.3. The van der Waals surface area contributed by atoms with E-state index in [1.54, 1.807) is 24.5 Å². The van der Waals surface area contributed by atoms with E-state index in [9.17, 15) is 18.7 Å². The van der Waals surface area contributed by atoms with E-state index in [1.807, 2.05) is 0 Å². The number of carbonyl (C=O) groups excluding carboxylic acids is 1. The Morgan fingerprint density at radius 3 is 2.88 bits per heavy atom. The zero-order valence-corrected chi connectivity index (χ0v) is 13.3. The van der Waals surface area contributed by atoms with E-state index in [-0.39, 0.29) is 31.0 Å². The minimum Gasteiger partial charge on any atom is -0.396 e. The van der Waals surface area contributed by atoms with Gasteiger partial charge in [0.05, 0.1) is 17.4 Å². The number of hydrogen-bond acceptors (Lipinski definition) is 3. The number of benzene rings is 2. The predicted octanol–water partition coefficient (Wildman–Crippen LogP) is 2.42. The van der Waals surface area contributed by atoms with Crippen molar-refractivity contribution >= 4 is 16.9 Å². The summed E-state index contributed by atoms with van der Waals surface area (Å²) < 4.78 is 26.9. The average Bonchev–Trinajstić information content (AvgIpc) is 3.08. The molecule has 0 radical (unpaired) electrons. The number of rotatable bonds is 6. The molecule has 130 valence electrons. The van der Waals surface area contributed by atoms with Gasteiger partial charge in [-0.1, -0.05) is 0 Å². The van der Waals surface area contributed by atoms with E-state index in [1.165, 1.54) is 0 Å². The largest absolute Gasteiger partial charge is 0.396 e. The summed E-state index contributed by atoms with van der Waals surface area (Å²) in [6, 6.07) is 8.26. The number of aromatic amines is 1. The number of H-pyrrole nitrogens is 1. The minimum atomic E-state index is -0.537. The molecule has 0 unspecified atom stereocenters. The Bertz CT molecular complexity index is 895. The third kappa shape index (κ3) is 4.00. The molecule has 5 nitrogen and oxygen atoms in total. The normalized spacial score (nSPS) is 12.3. The van der Waals surface area contributed by atoms with Crippen molar-refractivity contribution in [2.45, 2.75) is 6.42 Å². The molecule has 25 heavy (non-hydrogen) atoms. The molecule has 1 amide bonds. The van der Waals surface area contributed by atoms with Crippen LogP contribution in [0, 0.1) is 17.6 Å². The molecule has 0 saturated heterocycles. The summed E-state index contributed by atoms with van der Waals surface area (Å²) in [5, 5.41) is 12.2. The van der Waals surface area contributed by atoms with Crippen LogP contribution in [0.4, 0.5) is 8.78 Å². The second-order valence-electron chi connectivity index (χ2n) is 5.83. The number of imidazole rings is 1. The van der Waals surface area contributed by atoms with Gasteiger partial charge in [0, 0.05) is 24.6 Å². The first-order valence-electron chi connectivity index (χ1n) is 7.83. The van der Waals surface area contributed by atoms with Crippen molar-refractivity contribution in [2.24, 2.45) is 5.92 Å². The molecule has 1 heterocycles. The molecule has 0 bridgehead atoms. The summed E-state index contributed by atoms with van der Waals surface area (Å²) in [5.41, 5.74) is 2.12. The molecule has 0 aliphatic carbocycles. The second kappa shape index (κ2) is 7.40. The maximum atomic E-state index is 13.7. The van der Waals surface area contributed by atoms with Gasteiger partial charge in [-0.15, -0.1) is 0 Å². The molecule has 3 N–H and O–H groups in total. The highest BCUT2D eigenvalue weighted by atomic mass is 19.1. The van der Waals surface area contributed by atoms with E-state index in [4.69, 9.17) is 0 Å². The van der Waals surface area contributed by atoms with Crippen molar-refractivity contribution in [3.63, 3.8) is 0 Å². The van der Waals surface area contributed by atoms with Crippen molar-refractivity contribution in [3.8, 4) is 0 Å². The van der Waals surface area contributed by atoms with Crippen molar-refractivity contribution < 1.29 is 18.7 Å². The lowest BCUT2D eigenvalue weighted by atomic mass is 9.99. The first-order chi connectivity index (χ1) is 12.1. The van der Waals surface area contributed by atoms with Gasteiger partial charge in [0.15, 0.2) is 0 Å². The Kier molecular flexibility index (Phi) is 5.04. The number of nitrogens with one attached hydrogen (secondary N) is 2. The average molecular weight is 345 g/mol. The SMILES string of the molecule is O=C(NC[C@@H](CO)Cc1cc(F)ccc1F)c1ccc2nc[nH]c2c1. The van der Waals surface area contributed by atoms with E-state index in [0.717, 1.165) is 29.2 Å². The maximum absolute atomic E-state index is 13.7. The zero-order chi connectivity index (χ0) is 17.8. The lowest BCUT2D eigenvalue weighted by Crippen LogP contribution is -2.32. The van der Waals surface area contributed by atoms with Gasteiger partial charge < -0.3 is 15.4 Å². The van der Waals surface area contributed by atoms with Crippen LogP contribution in [0.1, 0.15) is 15.9 Å². The molecule has 0 aliphatic heterocycles. The van der Waals surface area contributed by atoms with Crippen molar-refractivity contribution in [3.05, 3.63) is 65.5 Å². The number of halogens is 2. The second-order valence-corrected chi connectivity index (χ2v) is 5.83. The Morgan fingerprint density at radius 1 is 1.24 bits per heavy atom. The van der Waals surface area contributed by atoms with Crippen LogP contribution in [0.2, 0.25) is 0 Å². The molecule has 2 aromatic carbocycles. The van der Waals surface area contributed by atoms with Crippen molar-refractivity contribution in [1.82, 2.24) is 15.3 Å². The van der Waals surface area contributed by atoms with Gasteiger partial charge in [0.1, 0.15) is 11.6 Å². The molecular weight excluding hydrogens is 328 g/mol. The molecule has 3 rings (SSSR count). The number of aliphatic hydroxyl groups is 1. The monoisotopic (exact) mass is 345 g/mol. The highest BCUT2D eigenvalue weighted by Crippen LogP contribution is 2.15. The fraction of sp³-hybridized carbons (Fsp3) is 0.222. The summed E-state index contributed by atoms with van der Waals surface area (Å²) >= 11 is 0. The third-order valence-electron chi connectivity index (χ3n) is 4.01. The number of carbonyl (C=O) groups is 1. The minimum absolute atomic E-state index is 0.125.